The fourth-order valence-electron chi connectivity index (χ4n) is 3.19. The summed E-state index contributed by atoms with van der Waals surface area (Å²) < 4.78 is 0. The van der Waals surface area contributed by atoms with Crippen LogP contribution in [0.15, 0.2) is 22.4 Å². The lowest BCUT2D eigenvalue weighted by atomic mass is 9.96. The van der Waals surface area contributed by atoms with Crippen LogP contribution in [0.1, 0.15) is 19.8 Å². The molecule has 0 atom stereocenters. The molecule has 2 aliphatic rings. The number of allylic oxidation sites excluding steroid dienone is 1. The van der Waals surface area contributed by atoms with Crippen LogP contribution in [0.25, 0.3) is 0 Å². The minimum absolute atomic E-state index is 0.881. The molecule has 0 aromatic heterocycles. The van der Waals surface area contributed by atoms with E-state index < -0.39 is 0 Å². The van der Waals surface area contributed by atoms with Gasteiger partial charge in [0.25, 0.3) is 0 Å². The highest BCUT2D eigenvalue weighted by Gasteiger charge is 2.23. The van der Waals surface area contributed by atoms with Gasteiger partial charge in [0, 0.05) is 39.4 Å². The predicted octanol–water partition coefficient (Wildman–Crippen LogP) is 1.54. The van der Waals surface area contributed by atoms with E-state index in [1.54, 1.807) is 0 Å². The Morgan fingerprint density at radius 1 is 1.14 bits per heavy atom. The van der Waals surface area contributed by atoms with Crippen LogP contribution in [-0.4, -0.2) is 80.1 Å². The van der Waals surface area contributed by atoms with Crippen molar-refractivity contribution in [3.05, 3.63) is 12.2 Å². The Balaban J connectivity index is 1.77. The van der Waals surface area contributed by atoms with E-state index in [0.29, 0.717) is 0 Å². The summed E-state index contributed by atoms with van der Waals surface area (Å²) in [4.78, 5) is 7.36. The molecule has 2 aliphatic heterocycles. The maximum absolute atomic E-state index is 4.13. The van der Waals surface area contributed by atoms with Crippen LogP contribution in [0.4, 0.5) is 0 Å². The van der Waals surface area contributed by atoms with E-state index in [2.05, 4.69) is 38.7 Å². The highest BCUT2D eigenvalue weighted by molar-refractivity contribution is 5.92. The summed E-state index contributed by atoms with van der Waals surface area (Å²) >= 11 is 0. The molecule has 0 unspecified atom stereocenters. The number of piperazine rings is 1. The Morgan fingerprint density at radius 2 is 1.81 bits per heavy atom. The number of hydrogen-bond acceptors (Lipinski definition) is 4. The molecular weight excluding hydrogens is 262 g/mol. The van der Waals surface area contributed by atoms with Crippen LogP contribution in [0.3, 0.4) is 0 Å². The summed E-state index contributed by atoms with van der Waals surface area (Å²) in [5, 5.41) is 7.81. The van der Waals surface area contributed by atoms with Gasteiger partial charge in [-0.3, -0.25) is 4.90 Å². The van der Waals surface area contributed by atoms with Crippen molar-refractivity contribution in [2.75, 3.05) is 52.9 Å². The first kappa shape index (κ1) is 16.2. The Kier molecular flexibility index (Phi) is 6.39. The largest absolute Gasteiger partial charge is 0.353 e. The second-order valence-corrected chi connectivity index (χ2v) is 6.13. The third kappa shape index (κ3) is 4.93. The molecule has 0 spiro atoms. The normalized spacial score (nSPS) is 23.9. The topological polar surface area (TPSA) is 34.4 Å². The first-order valence-corrected chi connectivity index (χ1v) is 8.05. The van der Waals surface area contributed by atoms with E-state index in [-0.39, 0.29) is 0 Å². The average Bonchev–Trinajstić information content (AvgIpc) is 2.50. The Morgan fingerprint density at radius 3 is 2.38 bits per heavy atom. The van der Waals surface area contributed by atoms with Gasteiger partial charge in [0.1, 0.15) is 0 Å². The molecular formula is C16H29N5. The minimum atomic E-state index is 0.881. The maximum Gasteiger partial charge on any atom is 0.150 e. The number of piperidine rings is 1. The van der Waals surface area contributed by atoms with E-state index in [4.69, 9.17) is 0 Å². The third-order valence-electron chi connectivity index (χ3n) is 4.54. The Hall–Kier alpha value is -1.20. The summed E-state index contributed by atoms with van der Waals surface area (Å²) in [7, 11) is 2.23. The van der Waals surface area contributed by atoms with Gasteiger partial charge < -0.3 is 9.80 Å². The van der Waals surface area contributed by atoms with Gasteiger partial charge >= 0.3 is 0 Å². The molecule has 2 heterocycles. The van der Waals surface area contributed by atoms with E-state index in [9.17, 15) is 0 Å². The average molecular weight is 291 g/mol. The molecule has 0 aromatic carbocycles. The van der Waals surface area contributed by atoms with Crippen LogP contribution < -0.4 is 0 Å². The zero-order valence-corrected chi connectivity index (χ0v) is 13.5. The highest BCUT2D eigenvalue weighted by atomic mass is 15.3. The van der Waals surface area contributed by atoms with Gasteiger partial charge in [-0.1, -0.05) is 6.08 Å². The summed E-state index contributed by atoms with van der Waals surface area (Å²) in [5.41, 5.74) is 0. The fourth-order valence-corrected chi connectivity index (χ4v) is 3.19. The summed E-state index contributed by atoms with van der Waals surface area (Å²) in [6.07, 6.45) is 6.72. The molecule has 0 saturated carbocycles. The lowest BCUT2D eigenvalue weighted by Gasteiger charge is -2.38. The molecule has 0 amide bonds. The molecule has 2 rings (SSSR count). The standard InChI is InChI=1S/C16H29N5/c1-4-5-16(18-17-2)21-12-10-20(11-13-21)14-15-6-8-19(3)9-7-15/h4-5,15H,2,6-14H2,1,3H3/b5-4-,18-16+. The van der Waals surface area contributed by atoms with Crippen molar-refractivity contribution in [3.8, 4) is 0 Å². The van der Waals surface area contributed by atoms with Crippen LogP contribution in [0.5, 0.6) is 0 Å². The number of rotatable bonds is 4. The van der Waals surface area contributed by atoms with Crippen LogP contribution in [-0.2, 0) is 0 Å². The first-order chi connectivity index (χ1) is 10.2. The minimum Gasteiger partial charge on any atom is -0.353 e. The zero-order valence-electron chi connectivity index (χ0n) is 13.5. The third-order valence-corrected chi connectivity index (χ3v) is 4.54. The van der Waals surface area contributed by atoms with Gasteiger partial charge in [0.2, 0.25) is 0 Å². The quantitative estimate of drug-likeness (QED) is 0.448. The van der Waals surface area contributed by atoms with Crippen LogP contribution in [0, 0.1) is 5.92 Å². The van der Waals surface area contributed by atoms with Crippen molar-refractivity contribution in [2.45, 2.75) is 19.8 Å². The summed E-state index contributed by atoms with van der Waals surface area (Å²) in [5.74, 6) is 1.82. The van der Waals surface area contributed by atoms with Crippen molar-refractivity contribution in [1.82, 2.24) is 14.7 Å². The van der Waals surface area contributed by atoms with Crippen molar-refractivity contribution in [2.24, 2.45) is 16.1 Å². The number of amidine groups is 1. The molecule has 0 aliphatic carbocycles. The molecule has 2 saturated heterocycles. The van der Waals surface area contributed by atoms with E-state index in [1.165, 1.54) is 32.5 Å². The van der Waals surface area contributed by atoms with Crippen LogP contribution >= 0.6 is 0 Å². The van der Waals surface area contributed by atoms with Gasteiger partial charge in [0.05, 0.1) is 0 Å². The molecule has 118 valence electrons. The molecule has 0 N–H and O–H groups in total. The van der Waals surface area contributed by atoms with Crippen LogP contribution in [0.2, 0.25) is 0 Å². The van der Waals surface area contributed by atoms with E-state index in [0.717, 1.165) is 37.9 Å². The second-order valence-electron chi connectivity index (χ2n) is 6.13. The molecule has 0 bridgehead atoms. The summed E-state index contributed by atoms with van der Waals surface area (Å²) in [6, 6.07) is 0. The van der Waals surface area contributed by atoms with Gasteiger partial charge in [-0.15, -0.1) is 5.10 Å². The number of nitrogens with zero attached hydrogens (tertiary/aromatic N) is 5. The van der Waals surface area contributed by atoms with Gasteiger partial charge in [-0.05, 0) is 51.9 Å². The van der Waals surface area contributed by atoms with Gasteiger partial charge in [0.15, 0.2) is 5.84 Å². The zero-order chi connectivity index (χ0) is 15.1. The number of hydrogen-bond donors (Lipinski definition) is 0. The molecule has 21 heavy (non-hydrogen) atoms. The second kappa shape index (κ2) is 8.29. The number of likely N-dealkylation sites (tertiary alicyclic amines) is 1. The van der Waals surface area contributed by atoms with Gasteiger partial charge in [-0.25, -0.2) is 0 Å². The maximum atomic E-state index is 4.13. The molecule has 0 aromatic rings. The fraction of sp³-hybridized carbons (Fsp3) is 0.750. The van der Waals surface area contributed by atoms with E-state index >= 15 is 0 Å². The van der Waals surface area contributed by atoms with Gasteiger partial charge in [-0.2, -0.15) is 5.10 Å². The molecule has 5 nitrogen and oxygen atoms in total. The Bertz CT molecular complexity index is 374. The first-order valence-electron chi connectivity index (χ1n) is 8.05. The Labute approximate surface area is 129 Å². The highest BCUT2D eigenvalue weighted by Crippen LogP contribution is 2.18. The van der Waals surface area contributed by atoms with Crippen molar-refractivity contribution in [3.63, 3.8) is 0 Å². The smallest absolute Gasteiger partial charge is 0.150 e. The lowest BCUT2D eigenvalue weighted by Crippen LogP contribution is -2.50. The monoisotopic (exact) mass is 291 g/mol. The summed E-state index contributed by atoms with van der Waals surface area (Å²) in [6.45, 7) is 13.6. The molecule has 5 heteroatoms. The predicted molar refractivity (Wildman–Crippen MR) is 90.0 cm³/mol. The lowest BCUT2D eigenvalue weighted by molar-refractivity contribution is 0.127. The van der Waals surface area contributed by atoms with Crippen molar-refractivity contribution < 1.29 is 0 Å². The SMILES string of the molecule is C=N/N=C(\C=C/C)N1CCN(CC2CCN(C)CC2)CC1. The molecule has 2 fully saturated rings. The molecule has 0 radical (unpaired) electrons. The van der Waals surface area contributed by atoms with E-state index in [1.807, 2.05) is 19.1 Å². The van der Waals surface area contributed by atoms with Crippen molar-refractivity contribution >= 4 is 12.6 Å². The van der Waals surface area contributed by atoms with Crippen molar-refractivity contribution in [1.29, 1.82) is 0 Å².